The average molecular weight is 979 g/mol. The number of aliphatic carboxylic acids is 1. The Morgan fingerprint density at radius 1 is 0.930 bits per heavy atom. The summed E-state index contributed by atoms with van der Waals surface area (Å²) in [5.74, 6) is -2.13. The number of aryl methyl sites for hydroxylation is 1. The summed E-state index contributed by atoms with van der Waals surface area (Å²) in [6, 6.07) is 13.2. The molecule has 4 heterocycles. The summed E-state index contributed by atoms with van der Waals surface area (Å²) in [4.78, 5) is 62.6. The van der Waals surface area contributed by atoms with Crippen molar-refractivity contribution in [3.63, 3.8) is 0 Å². The number of nitrogens with zero attached hydrogens (tertiary/aromatic N) is 6. The number of piperazine rings is 1. The number of carbonyl (C=O) groups excluding carboxylic acids is 3. The van der Waals surface area contributed by atoms with Crippen LogP contribution in [0.4, 0.5) is 5.69 Å². The maximum absolute atomic E-state index is 13.6. The van der Waals surface area contributed by atoms with Crippen molar-refractivity contribution in [3.8, 4) is 22.4 Å². The molecule has 71 heavy (non-hydrogen) atoms. The Morgan fingerprint density at radius 2 is 1.65 bits per heavy atom. The Hall–Kier alpha value is -5.39. The molecule has 2 saturated heterocycles. The number of benzene rings is 2. The Kier molecular flexibility index (Phi) is 17.3. The minimum atomic E-state index is -0.997. The van der Waals surface area contributed by atoms with E-state index in [1.165, 1.54) is 26.9 Å². The number of aliphatic hydroxyl groups is 1. The number of carbonyl (C=O) groups is 4. The molecule has 0 radical (unpaired) electrons. The third kappa shape index (κ3) is 12.1. The highest BCUT2D eigenvalue weighted by Crippen LogP contribution is 2.43. The van der Waals surface area contributed by atoms with Crippen LogP contribution in [-0.2, 0) is 54.5 Å². The second-order valence-corrected chi connectivity index (χ2v) is 20.9. The number of carboxylic acid groups (broad SMARTS) is 1. The zero-order chi connectivity index (χ0) is 51.3. The van der Waals surface area contributed by atoms with Gasteiger partial charge in [0, 0.05) is 95.4 Å². The molecule has 7 rings (SSSR count). The topological polar surface area (TPSA) is 182 Å². The minimum Gasteiger partial charge on any atom is -0.480 e. The number of fused-ring (bicyclic) bond motifs is 1. The van der Waals surface area contributed by atoms with Gasteiger partial charge in [-0.2, -0.15) is 0 Å². The van der Waals surface area contributed by atoms with E-state index >= 15 is 0 Å². The zero-order valence-electron chi connectivity index (χ0n) is 43.7. The normalized spacial score (nSPS) is 18.5. The number of anilines is 1. The molecule has 4 atom stereocenters. The van der Waals surface area contributed by atoms with Gasteiger partial charge in [0.25, 0.3) is 0 Å². The Balaban J connectivity index is 1.37. The van der Waals surface area contributed by atoms with Crippen LogP contribution in [0.1, 0.15) is 103 Å². The first-order valence-corrected chi connectivity index (χ1v) is 25.7. The predicted octanol–water partition coefficient (Wildman–Crippen LogP) is 6.24. The number of nitrogens with one attached hydrogen (secondary N) is 2. The molecule has 3 fully saturated rings. The number of ether oxygens (including phenoxy) is 2. The lowest BCUT2D eigenvalue weighted by molar-refractivity contribution is -0.170. The van der Waals surface area contributed by atoms with Gasteiger partial charge >= 0.3 is 11.9 Å². The van der Waals surface area contributed by atoms with Gasteiger partial charge in [-0.1, -0.05) is 52.0 Å². The second-order valence-electron chi connectivity index (χ2n) is 20.9. The number of pyridine rings is 1. The molecule has 4 aromatic rings. The van der Waals surface area contributed by atoms with Crippen LogP contribution in [0.25, 0.3) is 33.3 Å². The summed E-state index contributed by atoms with van der Waals surface area (Å²) in [7, 11) is 4.73. The molecule has 0 bridgehead atoms. The van der Waals surface area contributed by atoms with Crippen molar-refractivity contribution in [2.45, 2.75) is 130 Å². The molecule has 16 nitrogen and oxygen atoms in total. The summed E-state index contributed by atoms with van der Waals surface area (Å²) in [6.45, 7) is 18.9. The minimum absolute atomic E-state index is 0.0217. The Labute approximate surface area is 420 Å². The highest BCUT2D eigenvalue weighted by atomic mass is 16.5. The van der Waals surface area contributed by atoms with Crippen molar-refractivity contribution >= 4 is 40.3 Å². The number of rotatable bonds is 21. The lowest BCUT2D eigenvalue weighted by atomic mass is 9.84. The number of hydrogen-bond donors (Lipinski definition) is 4. The summed E-state index contributed by atoms with van der Waals surface area (Å²) in [6.07, 6.45) is 6.38. The van der Waals surface area contributed by atoms with Crippen molar-refractivity contribution in [1.82, 2.24) is 35.1 Å². The van der Waals surface area contributed by atoms with Gasteiger partial charge in [0.2, 0.25) is 11.8 Å². The van der Waals surface area contributed by atoms with Crippen molar-refractivity contribution < 1.29 is 38.9 Å². The van der Waals surface area contributed by atoms with Crippen LogP contribution in [-0.4, -0.2) is 150 Å². The van der Waals surface area contributed by atoms with Crippen LogP contribution in [0.2, 0.25) is 0 Å². The molecule has 2 aliphatic heterocycles. The number of amides is 2. The molecule has 2 aromatic heterocycles. The van der Waals surface area contributed by atoms with E-state index in [-0.39, 0.29) is 43.4 Å². The van der Waals surface area contributed by atoms with Crippen molar-refractivity contribution in [1.29, 1.82) is 0 Å². The first-order valence-electron chi connectivity index (χ1n) is 25.7. The van der Waals surface area contributed by atoms with Gasteiger partial charge in [-0.15, -0.1) is 0 Å². The van der Waals surface area contributed by atoms with E-state index in [0.717, 1.165) is 93.6 Å². The van der Waals surface area contributed by atoms with Crippen LogP contribution >= 0.6 is 0 Å². The number of carboxylic acids is 1. The molecular weight excluding hydrogens is 901 g/mol. The number of likely N-dealkylation sites (N-methyl/N-ethyl adjacent to an activating group) is 1. The molecule has 0 spiro atoms. The third-order valence-electron chi connectivity index (χ3n) is 14.9. The molecule has 4 N–H and O–H groups in total. The molecule has 2 amide bonds. The fourth-order valence-electron chi connectivity index (χ4n) is 10.8. The van der Waals surface area contributed by atoms with Crippen LogP contribution < -0.4 is 15.5 Å². The van der Waals surface area contributed by atoms with Crippen molar-refractivity contribution in [2.24, 2.45) is 11.3 Å². The van der Waals surface area contributed by atoms with Gasteiger partial charge in [-0.3, -0.25) is 29.3 Å². The summed E-state index contributed by atoms with van der Waals surface area (Å²) >= 11 is 0. The summed E-state index contributed by atoms with van der Waals surface area (Å²) in [5.41, 5.74) is 9.02. The molecular formula is C55H78N8O8. The lowest BCUT2D eigenvalue weighted by Gasteiger charge is -2.42. The van der Waals surface area contributed by atoms with E-state index in [9.17, 15) is 29.4 Å². The van der Waals surface area contributed by atoms with E-state index in [1.807, 2.05) is 39.1 Å². The molecule has 0 unspecified atom stereocenters. The highest BCUT2D eigenvalue weighted by molar-refractivity contribution is 5.96. The number of aromatic nitrogens is 2. The van der Waals surface area contributed by atoms with Crippen molar-refractivity contribution in [3.05, 3.63) is 71.0 Å². The van der Waals surface area contributed by atoms with Crippen LogP contribution in [0.5, 0.6) is 0 Å². The SMILES string of the molecule is CCn1c(-c2cc(N3CCN(C4CC4)CC3)cnc2[C@H](C)OC)c(CC(C)(C)CO)c2cc(-c3cc(CCN4[C@@H](C(=O)O)CCCN4C(C)=O)cc(C[C@H](NC(=O)[C@@H](NC)C(C)C)C(=O)OC)c3)ccc21. The number of esters is 1. The van der Waals surface area contributed by atoms with Crippen LogP contribution in [0, 0.1) is 11.3 Å². The van der Waals surface area contributed by atoms with E-state index in [4.69, 9.17) is 14.5 Å². The molecule has 1 aliphatic carbocycles. The molecule has 386 valence electrons. The first kappa shape index (κ1) is 53.4. The highest BCUT2D eigenvalue weighted by Gasteiger charge is 2.36. The van der Waals surface area contributed by atoms with Gasteiger partial charge in [0.1, 0.15) is 12.1 Å². The number of methoxy groups -OCH3 is 2. The number of hydrazine groups is 1. The first-order chi connectivity index (χ1) is 33.9. The van der Waals surface area contributed by atoms with Gasteiger partial charge in [0.05, 0.1) is 42.5 Å². The van der Waals surface area contributed by atoms with Crippen molar-refractivity contribution in [2.75, 3.05) is 72.0 Å². The number of hydrogen-bond acceptors (Lipinski definition) is 12. The average Bonchev–Trinajstić information content (AvgIpc) is 4.17. The Morgan fingerprint density at radius 3 is 2.25 bits per heavy atom. The standard InChI is InChI=1S/C55H78N8O8/c1-11-61-47-17-14-39(29-43(47)45(31-55(6,7)33-64)51(61)44-30-42(32-57-50(44)35(4)70-9)60-23-21-59(22-24-60)41-15-16-41)40-26-37(18-20-63-48(53(67)68)13-12-19-62(63)36(5)65)25-38(27-40)28-46(54(69)71-10)58-52(66)49(56-8)34(2)3/h14,17,25-27,29-30,32,34-35,41,46,48-49,56,64H,11-13,15-16,18-24,28,31,33H2,1-10H3,(H,58,66)(H,67,68)/t35-,46-,48+,49-/m0/s1. The van der Waals surface area contributed by atoms with Gasteiger partial charge < -0.3 is 39.8 Å². The monoisotopic (exact) mass is 979 g/mol. The van der Waals surface area contributed by atoms with Gasteiger partial charge in [-0.25, -0.2) is 9.80 Å². The van der Waals surface area contributed by atoms with E-state index in [0.29, 0.717) is 38.8 Å². The molecule has 3 aliphatic rings. The third-order valence-corrected chi connectivity index (χ3v) is 14.9. The maximum atomic E-state index is 13.6. The van der Waals surface area contributed by atoms with Crippen LogP contribution in [0.15, 0.2) is 48.7 Å². The molecule has 16 heteroatoms. The fourth-order valence-corrected chi connectivity index (χ4v) is 10.8. The van der Waals surface area contributed by atoms with Crippen LogP contribution in [0.3, 0.4) is 0 Å². The zero-order valence-corrected chi connectivity index (χ0v) is 43.7. The number of aliphatic hydroxyl groups excluding tert-OH is 1. The Bertz CT molecular complexity index is 2520. The quantitative estimate of drug-likeness (QED) is 0.0690. The molecule has 1 saturated carbocycles. The fraction of sp³-hybridized carbons (Fsp3) is 0.582. The largest absolute Gasteiger partial charge is 0.480 e. The van der Waals surface area contributed by atoms with E-state index < -0.39 is 35.5 Å². The summed E-state index contributed by atoms with van der Waals surface area (Å²) < 4.78 is 13.6. The van der Waals surface area contributed by atoms with Gasteiger partial charge in [-0.05, 0) is 117 Å². The second kappa shape index (κ2) is 23.0. The van der Waals surface area contributed by atoms with E-state index in [1.54, 1.807) is 24.2 Å². The molecule has 2 aromatic carbocycles. The summed E-state index contributed by atoms with van der Waals surface area (Å²) in [5, 5.41) is 31.3. The smallest absolute Gasteiger partial charge is 0.328 e. The van der Waals surface area contributed by atoms with E-state index in [2.05, 4.69) is 76.1 Å². The maximum Gasteiger partial charge on any atom is 0.328 e. The van der Waals surface area contributed by atoms with Gasteiger partial charge in [0.15, 0.2) is 0 Å². The lowest BCUT2D eigenvalue weighted by Crippen LogP contribution is -2.57. The predicted molar refractivity (Wildman–Crippen MR) is 277 cm³/mol.